The third-order valence-electron chi connectivity index (χ3n) is 3.63. The summed E-state index contributed by atoms with van der Waals surface area (Å²) in [6.45, 7) is 0. The molecule has 3 heteroatoms. The molecule has 0 amide bonds. The molecule has 0 saturated heterocycles. The van der Waals surface area contributed by atoms with Crippen LogP contribution in [0.5, 0.6) is 0 Å². The summed E-state index contributed by atoms with van der Waals surface area (Å²) in [5.74, 6) is 0. The van der Waals surface area contributed by atoms with Crippen LogP contribution in [0.2, 0.25) is 0 Å². The van der Waals surface area contributed by atoms with Gasteiger partial charge in [-0.25, -0.2) is 9.95 Å². The topological polar surface area (TPSA) is 46.0 Å². The van der Waals surface area contributed by atoms with E-state index in [-0.39, 0.29) is 5.63 Å². The Kier molecular flexibility index (Phi) is 2.03. The average Bonchev–Trinajstić information content (AvgIpc) is 3.01. The zero-order valence-electron chi connectivity index (χ0n) is 10.1. The van der Waals surface area contributed by atoms with E-state index in [1.807, 2.05) is 6.07 Å². The van der Waals surface area contributed by atoms with Crippen LogP contribution in [0.1, 0.15) is 11.1 Å². The highest BCUT2D eigenvalue weighted by molar-refractivity contribution is 5.79. The molecule has 1 aliphatic rings. The molecule has 19 heavy (non-hydrogen) atoms. The van der Waals surface area contributed by atoms with Crippen LogP contribution in [0.3, 0.4) is 0 Å². The van der Waals surface area contributed by atoms with Gasteiger partial charge < -0.3 is 4.52 Å². The lowest BCUT2D eigenvalue weighted by Crippen LogP contribution is -1.86. The molecule has 0 fully saturated rings. The molecule has 2 aromatic carbocycles. The molecule has 0 atom stereocenters. The van der Waals surface area contributed by atoms with Gasteiger partial charge in [0.05, 0.1) is 11.8 Å². The predicted octanol–water partition coefficient (Wildman–Crippen LogP) is 3.21. The second kappa shape index (κ2) is 3.72. The van der Waals surface area contributed by atoms with Crippen LogP contribution in [-0.4, -0.2) is 5.16 Å². The maximum atomic E-state index is 11.1. The van der Waals surface area contributed by atoms with Crippen LogP contribution in [0.4, 0.5) is 0 Å². The third kappa shape index (κ3) is 1.55. The molecule has 4 rings (SSSR count). The SMILES string of the molecule is O=c1cc(-c2ccc3c(c2)Cc2ccccc2-3)[nH]o1. The molecule has 0 aliphatic heterocycles. The minimum absolute atomic E-state index is 0.348. The van der Waals surface area contributed by atoms with Gasteiger partial charge in [0.2, 0.25) is 0 Å². The fourth-order valence-electron chi connectivity index (χ4n) is 2.74. The van der Waals surface area contributed by atoms with E-state index in [1.54, 1.807) is 0 Å². The van der Waals surface area contributed by atoms with Gasteiger partial charge in [0.25, 0.3) is 0 Å². The minimum Gasteiger partial charge on any atom is -0.339 e. The van der Waals surface area contributed by atoms with Crippen molar-refractivity contribution in [2.75, 3.05) is 0 Å². The van der Waals surface area contributed by atoms with Crippen LogP contribution in [0.25, 0.3) is 22.4 Å². The van der Waals surface area contributed by atoms with Crippen molar-refractivity contribution < 1.29 is 4.52 Å². The summed E-state index contributed by atoms with van der Waals surface area (Å²) in [5, 5.41) is 2.65. The van der Waals surface area contributed by atoms with Crippen molar-refractivity contribution in [1.82, 2.24) is 5.16 Å². The number of nitrogens with one attached hydrogen (secondary N) is 1. The van der Waals surface area contributed by atoms with Gasteiger partial charge in [-0.05, 0) is 34.7 Å². The van der Waals surface area contributed by atoms with E-state index in [1.165, 1.54) is 28.3 Å². The Bertz CT molecular complexity index is 827. The molecule has 0 unspecified atom stereocenters. The molecule has 1 aliphatic carbocycles. The number of aromatic nitrogens is 1. The fraction of sp³-hybridized carbons (Fsp3) is 0.0625. The van der Waals surface area contributed by atoms with E-state index >= 15 is 0 Å². The smallest absolute Gasteiger partial charge is 0.339 e. The number of H-pyrrole nitrogens is 1. The fourth-order valence-corrected chi connectivity index (χ4v) is 2.74. The first-order valence-corrected chi connectivity index (χ1v) is 6.21. The molecular weight excluding hydrogens is 238 g/mol. The zero-order valence-corrected chi connectivity index (χ0v) is 10.1. The van der Waals surface area contributed by atoms with Gasteiger partial charge in [0.1, 0.15) is 0 Å². The summed E-state index contributed by atoms with van der Waals surface area (Å²) in [6, 6.07) is 16.2. The minimum atomic E-state index is -0.348. The first-order chi connectivity index (χ1) is 9.31. The van der Waals surface area contributed by atoms with Crippen molar-refractivity contribution in [2.45, 2.75) is 6.42 Å². The monoisotopic (exact) mass is 249 g/mol. The quantitative estimate of drug-likeness (QED) is 0.563. The molecule has 1 N–H and O–H groups in total. The summed E-state index contributed by atoms with van der Waals surface area (Å²) >= 11 is 0. The molecule has 0 saturated carbocycles. The van der Waals surface area contributed by atoms with Crippen LogP contribution < -0.4 is 5.63 Å². The maximum Gasteiger partial charge on any atom is 0.357 e. The highest BCUT2D eigenvalue weighted by atomic mass is 16.5. The Morgan fingerprint density at radius 3 is 2.63 bits per heavy atom. The number of hydrogen-bond acceptors (Lipinski definition) is 2. The summed E-state index contributed by atoms with van der Waals surface area (Å²) in [4.78, 5) is 11.1. The van der Waals surface area contributed by atoms with Crippen molar-refractivity contribution in [3.05, 3.63) is 70.1 Å². The van der Waals surface area contributed by atoms with Crippen molar-refractivity contribution in [3.8, 4) is 22.4 Å². The van der Waals surface area contributed by atoms with Crippen LogP contribution in [-0.2, 0) is 6.42 Å². The third-order valence-corrected chi connectivity index (χ3v) is 3.63. The summed E-state index contributed by atoms with van der Waals surface area (Å²) in [6.07, 6.45) is 0.946. The van der Waals surface area contributed by atoms with E-state index in [2.05, 4.69) is 41.6 Å². The highest BCUT2D eigenvalue weighted by Crippen LogP contribution is 2.37. The summed E-state index contributed by atoms with van der Waals surface area (Å²) in [5.41, 5.74) is 6.60. The molecule has 0 spiro atoms. The molecular formula is C16H11NO2. The predicted molar refractivity (Wildman–Crippen MR) is 73.0 cm³/mol. The lowest BCUT2D eigenvalue weighted by molar-refractivity contribution is 0.394. The van der Waals surface area contributed by atoms with Crippen molar-refractivity contribution >= 4 is 0 Å². The van der Waals surface area contributed by atoms with E-state index in [0.717, 1.165) is 17.7 Å². The van der Waals surface area contributed by atoms with Gasteiger partial charge in [0.15, 0.2) is 0 Å². The van der Waals surface area contributed by atoms with Gasteiger partial charge in [-0.2, -0.15) is 0 Å². The van der Waals surface area contributed by atoms with Crippen molar-refractivity contribution in [1.29, 1.82) is 0 Å². The first kappa shape index (κ1) is 10.4. The number of hydrogen-bond donors (Lipinski definition) is 1. The summed E-state index contributed by atoms with van der Waals surface area (Å²) < 4.78 is 4.72. The molecule has 1 heterocycles. The van der Waals surface area contributed by atoms with Gasteiger partial charge in [-0.15, -0.1) is 0 Å². The lowest BCUT2D eigenvalue weighted by atomic mass is 10.0. The zero-order chi connectivity index (χ0) is 12.8. The van der Waals surface area contributed by atoms with E-state index in [4.69, 9.17) is 4.52 Å². The average molecular weight is 249 g/mol. The Labute approximate surface area is 109 Å². The van der Waals surface area contributed by atoms with Gasteiger partial charge in [-0.1, -0.05) is 36.4 Å². The molecule has 1 aromatic heterocycles. The Morgan fingerprint density at radius 1 is 0.947 bits per heavy atom. The molecule has 92 valence electrons. The van der Waals surface area contributed by atoms with Crippen molar-refractivity contribution in [3.63, 3.8) is 0 Å². The molecule has 0 bridgehead atoms. The number of rotatable bonds is 1. The molecule has 3 aromatic rings. The van der Waals surface area contributed by atoms with Gasteiger partial charge in [-0.3, -0.25) is 0 Å². The standard InChI is InChI=1S/C16H11NO2/c18-16-9-15(17-19-16)11-5-6-14-12(8-11)7-10-3-1-2-4-13(10)14/h1-6,8-9,17H,7H2. The number of benzene rings is 2. The van der Waals surface area contributed by atoms with E-state index in [0.29, 0.717) is 0 Å². The largest absolute Gasteiger partial charge is 0.357 e. The lowest BCUT2D eigenvalue weighted by Gasteiger charge is -2.03. The number of fused-ring (bicyclic) bond motifs is 3. The molecule has 0 radical (unpaired) electrons. The second-order valence-electron chi connectivity index (χ2n) is 4.79. The molecule has 3 nitrogen and oxygen atoms in total. The van der Waals surface area contributed by atoms with Gasteiger partial charge >= 0.3 is 5.63 Å². The van der Waals surface area contributed by atoms with Crippen molar-refractivity contribution in [2.24, 2.45) is 0 Å². The first-order valence-electron chi connectivity index (χ1n) is 6.21. The Balaban J connectivity index is 1.86. The second-order valence-corrected chi connectivity index (χ2v) is 4.79. The van der Waals surface area contributed by atoms with Gasteiger partial charge in [0, 0.05) is 5.56 Å². The number of aromatic amines is 1. The Hall–Kier alpha value is -2.55. The summed E-state index contributed by atoms with van der Waals surface area (Å²) in [7, 11) is 0. The Morgan fingerprint density at radius 2 is 1.79 bits per heavy atom. The maximum absolute atomic E-state index is 11.1. The van der Waals surface area contributed by atoms with E-state index in [9.17, 15) is 4.79 Å². The van der Waals surface area contributed by atoms with Crippen LogP contribution >= 0.6 is 0 Å². The van der Waals surface area contributed by atoms with E-state index < -0.39 is 0 Å². The normalized spacial score (nSPS) is 12.2. The highest BCUT2D eigenvalue weighted by Gasteiger charge is 2.18. The van der Waals surface area contributed by atoms with Crippen LogP contribution in [0, 0.1) is 0 Å². The van der Waals surface area contributed by atoms with Crippen LogP contribution in [0.15, 0.2) is 57.8 Å².